The Morgan fingerprint density at radius 1 is 0.947 bits per heavy atom. The number of aryl methyl sites for hydroxylation is 4. The van der Waals surface area contributed by atoms with Crippen molar-refractivity contribution in [2.24, 2.45) is 0 Å². The van der Waals surface area contributed by atoms with Crippen molar-refractivity contribution in [2.45, 2.75) is 45.6 Å². The highest BCUT2D eigenvalue weighted by Gasteiger charge is 2.13. The summed E-state index contributed by atoms with van der Waals surface area (Å²) >= 11 is 0. The van der Waals surface area contributed by atoms with Crippen LogP contribution in [0.3, 0.4) is 0 Å². The number of ether oxygens (including phenoxy) is 1. The van der Waals surface area contributed by atoms with Crippen molar-refractivity contribution in [3.8, 4) is 5.75 Å². The predicted molar refractivity (Wildman–Crippen MR) is 142 cm³/mol. The van der Waals surface area contributed by atoms with E-state index in [1.54, 1.807) is 24.4 Å². The number of oxazole rings is 1. The molecule has 0 unspecified atom stereocenters. The number of amides is 1. The molecule has 0 bridgehead atoms. The summed E-state index contributed by atoms with van der Waals surface area (Å²) in [7, 11) is 0. The molecule has 0 aliphatic heterocycles. The molecular weight excluding hydrogens is 482 g/mol. The maximum Gasteiger partial charge on any atom is 0.303 e. The topological polar surface area (TPSA) is 115 Å². The molecule has 4 rings (SSSR count). The molecule has 0 saturated carbocycles. The first-order chi connectivity index (χ1) is 18.5. The van der Waals surface area contributed by atoms with Crippen LogP contribution in [0, 0.1) is 6.92 Å². The number of carboxylic acid groups (broad SMARTS) is 1. The average molecular weight is 514 g/mol. The van der Waals surface area contributed by atoms with Crippen molar-refractivity contribution >= 4 is 11.9 Å². The van der Waals surface area contributed by atoms with E-state index in [0.717, 1.165) is 41.3 Å². The van der Waals surface area contributed by atoms with Crippen LogP contribution in [-0.4, -0.2) is 33.6 Å². The molecule has 0 radical (unpaired) electrons. The number of nitrogens with one attached hydrogen (secondary N) is 1. The third kappa shape index (κ3) is 7.77. The quantitative estimate of drug-likeness (QED) is 0.266. The second-order valence-corrected chi connectivity index (χ2v) is 8.92. The molecule has 2 heterocycles. The lowest BCUT2D eigenvalue weighted by Crippen LogP contribution is -2.24. The summed E-state index contributed by atoms with van der Waals surface area (Å²) in [5.41, 5.74) is 4.07. The number of rotatable bonds is 13. The van der Waals surface area contributed by atoms with E-state index in [1.807, 2.05) is 43.3 Å². The van der Waals surface area contributed by atoms with E-state index >= 15 is 0 Å². The standard InChI is InChI=1S/C30H31N3O5/c1-21-26(33-28(38-21)14-10-22-7-3-2-4-8-22)16-18-37-25-13-11-23(12-15-29(34)35)24(19-25)20-32-30(36)27-9-5-6-17-31-27/h2-9,11,13,17,19H,10,12,14-16,18,20H2,1H3,(H,32,36)(H,34,35). The van der Waals surface area contributed by atoms with Gasteiger partial charge >= 0.3 is 5.97 Å². The van der Waals surface area contributed by atoms with Crippen LogP contribution < -0.4 is 10.1 Å². The summed E-state index contributed by atoms with van der Waals surface area (Å²) in [6.45, 7) is 2.54. The minimum atomic E-state index is -0.875. The summed E-state index contributed by atoms with van der Waals surface area (Å²) in [4.78, 5) is 32.3. The van der Waals surface area contributed by atoms with Gasteiger partial charge in [-0.3, -0.25) is 14.6 Å². The Morgan fingerprint density at radius 3 is 2.53 bits per heavy atom. The van der Waals surface area contributed by atoms with E-state index in [1.165, 1.54) is 5.56 Å². The number of carbonyl (C=O) groups is 2. The number of hydrogen-bond acceptors (Lipinski definition) is 6. The Balaban J connectivity index is 1.35. The maximum atomic E-state index is 12.5. The van der Waals surface area contributed by atoms with Gasteiger partial charge in [0.25, 0.3) is 5.91 Å². The van der Waals surface area contributed by atoms with Gasteiger partial charge in [0.2, 0.25) is 0 Å². The second-order valence-electron chi connectivity index (χ2n) is 8.92. The number of benzene rings is 2. The monoisotopic (exact) mass is 513 g/mol. The number of pyridine rings is 1. The molecule has 38 heavy (non-hydrogen) atoms. The lowest BCUT2D eigenvalue weighted by atomic mass is 10.0. The van der Waals surface area contributed by atoms with Crippen molar-refractivity contribution in [3.05, 3.63) is 113 Å². The Kier molecular flexibility index (Phi) is 9.23. The molecule has 0 aliphatic carbocycles. The molecule has 2 aromatic carbocycles. The SMILES string of the molecule is Cc1oc(CCc2ccccc2)nc1CCOc1ccc(CCC(=O)O)c(CNC(=O)c2ccccn2)c1. The fourth-order valence-corrected chi connectivity index (χ4v) is 4.09. The van der Waals surface area contributed by atoms with E-state index < -0.39 is 5.97 Å². The zero-order chi connectivity index (χ0) is 26.7. The molecule has 0 spiro atoms. The van der Waals surface area contributed by atoms with Gasteiger partial charge in [0.1, 0.15) is 17.2 Å². The third-order valence-corrected chi connectivity index (χ3v) is 6.14. The van der Waals surface area contributed by atoms with Crippen LogP contribution in [0.15, 0.2) is 77.3 Å². The summed E-state index contributed by atoms with van der Waals surface area (Å²) in [5, 5.41) is 12.0. The first-order valence-corrected chi connectivity index (χ1v) is 12.6. The molecule has 2 N–H and O–H groups in total. The lowest BCUT2D eigenvalue weighted by Gasteiger charge is -2.13. The van der Waals surface area contributed by atoms with E-state index in [4.69, 9.17) is 14.3 Å². The highest BCUT2D eigenvalue weighted by molar-refractivity contribution is 5.92. The summed E-state index contributed by atoms with van der Waals surface area (Å²) < 4.78 is 11.8. The molecule has 8 nitrogen and oxygen atoms in total. The Bertz CT molecular complexity index is 1350. The minimum Gasteiger partial charge on any atom is -0.493 e. The first kappa shape index (κ1) is 26.6. The van der Waals surface area contributed by atoms with Crippen LogP contribution in [0.1, 0.15) is 50.9 Å². The minimum absolute atomic E-state index is 0.000563. The van der Waals surface area contributed by atoms with Crippen LogP contribution in [0.5, 0.6) is 5.75 Å². The molecule has 196 valence electrons. The molecule has 0 atom stereocenters. The van der Waals surface area contributed by atoms with Crippen molar-refractivity contribution in [2.75, 3.05) is 6.61 Å². The molecule has 0 fully saturated rings. The van der Waals surface area contributed by atoms with Crippen molar-refractivity contribution in [3.63, 3.8) is 0 Å². The summed E-state index contributed by atoms with van der Waals surface area (Å²) in [5.74, 6) is 0.968. The van der Waals surface area contributed by atoms with Crippen LogP contribution in [0.2, 0.25) is 0 Å². The van der Waals surface area contributed by atoms with E-state index in [2.05, 4.69) is 27.4 Å². The Labute approximate surface area is 221 Å². The smallest absolute Gasteiger partial charge is 0.303 e. The zero-order valence-corrected chi connectivity index (χ0v) is 21.4. The molecule has 2 aromatic heterocycles. The van der Waals surface area contributed by atoms with Gasteiger partial charge in [-0.1, -0.05) is 42.5 Å². The average Bonchev–Trinajstić information content (AvgIpc) is 3.30. The van der Waals surface area contributed by atoms with Gasteiger partial charge in [0.15, 0.2) is 5.89 Å². The number of aromatic nitrogens is 2. The van der Waals surface area contributed by atoms with E-state index in [0.29, 0.717) is 30.9 Å². The highest BCUT2D eigenvalue weighted by Crippen LogP contribution is 2.21. The van der Waals surface area contributed by atoms with Crippen LogP contribution in [0.4, 0.5) is 0 Å². The molecule has 0 saturated heterocycles. The molecular formula is C30H31N3O5. The van der Waals surface area contributed by atoms with Gasteiger partial charge in [-0.15, -0.1) is 0 Å². The van der Waals surface area contributed by atoms with Crippen molar-refractivity contribution in [1.29, 1.82) is 0 Å². The van der Waals surface area contributed by atoms with Gasteiger partial charge in [0.05, 0.1) is 12.3 Å². The van der Waals surface area contributed by atoms with Gasteiger partial charge < -0.3 is 19.6 Å². The van der Waals surface area contributed by atoms with Gasteiger partial charge in [-0.05, 0) is 60.7 Å². The maximum absolute atomic E-state index is 12.5. The lowest BCUT2D eigenvalue weighted by molar-refractivity contribution is -0.136. The highest BCUT2D eigenvalue weighted by atomic mass is 16.5. The van der Waals surface area contributed by atoms with Gasteiger partial charge in [-0.2, -0.15) is 0 Å². The predicted octanol–water partition coefficient (Wildman–Crippen LogP) is 4.73. The van der Waals surface area contributed by atoms with Crippen molar-refractivity contribution in [1.82, 2.24) is 15.3 Å². The molecule has 8 heteroatoms. The van der Waals surface area contributed by atoms with Crippen molar-refractivity contribution < 1.29 is 23.8 Å². The fourth-order valence-electron chi connectivity index (χ4n) is 4.09. The summed E-state index contributed by atoms with van der Waals surface area (Å²) in [6.07, 6.45) is 4.10. The fraction of sp³-hybridized carbons (Fsp3) is 0.267. The number of carboxylic acids is 1. The zero-order valence-electron chi connectivity index (χ0n) is 21.4. The third-order valence-electron chi connectivity index (χ3n) is 6.14. The molecule has 1 amide bonds. The van der Waals surface area contributed by atoms with Crippen LogP contribution in [0.25, 0.3) is 0 Å². The largest absolute Gasteiger partial charge is 0.493 e. The van der Waals surface area contributed by atoms with E-state index in [-0.39, 0.29) is 18.9 Å². The summed E-state index contributed by atoms with van der Waals surface area (Å²) in [6, 6.07) is 20.9. The number of nitrogens with zero attached hydrogens (tertiary/aromatic N) is 2. The number of hydrogen-bond donors (Lipinski definition) is 2. The second kappa shape index (κ2) is 13.2. The normalized spacial score (nSPS) is 10.8. The van der Waals surface area contributed by atoms with Crippen LogP contribution in [-0.2, 0) is 37.0 Å². The number of aliphatic carboxylic acids is 1. The number of carbonyl (C=O) groups excluding carboxylic acids is 1. The Hall–Kier alpha value is -4.46. The van der Waals surface area contributed by atoms with Crippen LogP contribution >= 0.6 is 0 Å². The first-order valence-electron chi connectivity index (χ1n) is 12.6. The van der Waals surface area contributed by atoms with E-state index in [9.17, 15) is 9.59 Å². The van der Waals surface area contributed by atoms with Gasteiger partial charge in [0, 0.05) is 32.0 Å². The molecule has 0 aliphatic rings. The Morgan fingerprint density at radius 2 is 1.76 bits per heavy atom. The molecule has 4 aromatic rings. The van der Waals surface area contributed by atoms with Gasteiger partial charge in [-0.25, -0.2) is 4.98 Å².